The molecule has 98 valence electrons. The second-order valence-corrected chi connectivity index (χ2v) is 4.59. The Balaban J connectivity index is 1.76. The molecule has 5 nitrogen and oxygen atoms in total. The number of hydrazone groups is 1. The molecule has 0 saturated carbocycles. The highest BCUT2D eigenvalue weighted by molar-refractivity contribution is 9.10. The Kier molecular flexibility index (Phi) is 4.74. The molecule has 0 fully saturated rings. The van der Waals surface area contributed by atoms with Crippen LogP contribution in [-0.4, -0.2) is 18.7 Å². The number of anilines is 1. The number of nitrogens with one attached hydrogen (secondary N) is 2. The normalized spacial score (nSPS) is 10.6. The van der Waals surface area contributed by atoms with Gasteiger partial charge in [0.15, 0.2) is 0 Å². The van der Waals surface area contributed by atoms with E-state index >= 15 is 0 Å². The molecule has 0 radical (unpaired) electrons. The first-order chi connectivity index (χ1) is 9.24. The van der Waals surface area contributed by atoms with Crippen LogP contribution in [-0.2, 0) is 4.79 Å². The summed E-state index contributed by atoms with van der Waals surface area (Å²) in [6.07, 6.45) is 2.98. The van der Waals surface area contributed by atoms with Gasteiger partial charge in [0.05, 0.1) is 19.0 Å². The van der Waals surface area contributed by atoms with Crippen molar-refractivity contribution in [2.24, 2.45) is 5.10 Å². The van der Waals surface area contributed by atoms with Crippen molar-refractivity contribution in [3.8, 4) is 0 Å². The third-order valence-electron chi connectivity index (χ3n) is 2.20. The molecule has 2 N–H and O–H groups in total. The summed E-state index contributed by atoms with van der Waals surface area (Å²) < 4.78 is 5.99. The van der Waals surface area contributed by atoms with Crippen molar-refractivity contribution in [3.63, 3.8) is 0 Å². The molecule has 1 aromatic heterocycles. The number of hydrogen-bond acceptors (Lipinski definition) is 4. The summed E-state index contributed by atoms with van der Waals surface area (Å²) in [5.41, 5.74) is 3.26. The molecule has 0 unspecified atom stereocenters. The van der Waals surface area contributed by atoms with Crippen molar-refractivity contribution in [2.45, 2.75) is 0 Å². The fraction of sp³-hybridized carbons (Fsp3) is 0.0769. The lowest BCUT2D eigenvalue weighted by molar-refractivity contribution is -0.119. The van der Waals surface area contributed by atoms with Crippen LogP contribution in [0.5, 0.6) is 0 Å². The number of nitrogens with zero attached hydrogens (tertiary/aromatic N) is 1. The maximum absolute atomic E-state index is 11.5. The van der Waals surface area contributed by atoms with Gasteiger partial charge in [0.2, 0.25) is 0 Å². The van der Waals surface area contributed by atoms with Gasteiger partial charge < -0.3 is 9.73 Å². The minimum Gasteiger partial charge on any atom is -0.463 e. The van der Waals surface area contributed by atoms with E-state index in [1.165, 1.54) is 12.5 Å². The Morgan fingerprint density at radius 3 is 3.00 bits per heavy atom. The molecule has 19 heavy (non-hydrogen) atoms. The van der Waals surface area contributed by atoms with Crippen molar-refractivity contribution in [3.05, 3.63) is 52.9 Å². The second kappa shape index (κ2) is 6.75. The number of carbonyl (C=O) groups excluding carboxylic acids is 1. The van der Waals surface area contributed by atoms with Gasteiger partial charge in [-0.2, -0.15) is 5.10 Å². The quantitative estimate of drug-likeness (QED) is 0.657. The molecular weight excluding hydrogens is 310 g/mol. The van der Waals surface area contributed by atoms with Crippen molar-refractivity contribution in [1.29, 1.82) is 0 Å². The number of rotatable bonds is 5. The van der Waals surface area contributed by atoms with Gasteiger partial charge in [-0.1, -0.05) is 22.0 Å². The van der Waals surface area contributed by atoms with Gasteiger partial charge in [0, 0.05) is 10.2 Å². The fourth-order valence-electron chi connectivity index (χ4n) is 1.35. The average Bonchev–Trinajstić information content (AvgIpc) is 2.90. The van der Waals surface area contributed by atoms with Crippen molar-refractivity contribution < 1.29 is 9.21 Å². The van der Waals surface area contributed by atoms with Crippen LogP contribution in [0, 0.1) is 0 Å². The maximum atomic E-state index is 11.5. The number of amides is 1. The predicted molar refractivity (Wildman–Crippen MR) is 77.1 cm³/mol. The van der Waals surface area contributed by atoms with E-state index in [-0.39, 0.29) is 12.5 Å². The molecule has 2 aromatic rings. The van der Waals surface area contributed by atoms with Crippen molar-refractivity contribution in [2.75, 3.05) is 11.9 Å². The minimum atomic E-state index is -0.234. The van der Waals surface area contributed by atoms with E-state index in [2.05, 4.69) is 31.8 Å². The summed E-state index contributed by atoms with van der Waals surface area (Å²) >= 11 is 3.36. The Bertz CT molecular complexity index is 567. The molecule has 0 aliphatic rings. The molecule has 1 amide bonds. The zero-order chi connectivity index (χ0) is 13.5. The minimum absolute atomic E-state index is 0.145. The van der Waals surface area contributed by atoms with Gasteiger partial charge in [-0.15, -0.1) is 0 Å². The van der Waals surface area contributed by atoms with Crippen molar-refractivity contribution >= 4 is 33.7 Å². The molecule has 0 spiro atoms. The van der Waals surface area contributed by atoms with Crippen LogP contribution in [0.4, 0.5) is 5.69 Å². The van der Waals surface area contributed by atoms with E-state index in [1.807, 2.05) is 24.3 Å². The highest BCUT2D eigenvalue weighted by Gasteiger charge is 1.99. The lowest BCUT2D eigenvalue weighted by atomic mass is 10.3. The fourth-order valence-corrected chi connectivity index (χ4v) is 1.75. The first-order valence-electron chi connectivity index (χ1n) is 5.59. The van der Waals surface area contributed by atoms with E-state index in [1.54, 1.807) is 12.1 Å². The third-order valence-corrected chi connectivity index (χ3v) is 2.70. The van der Waals surface area contributed by atoms with E-state index in [0.29, 0.717) is 5.76 Å². The summed E-state index contributed by atoms with van der Waals surface area (Å²) in [5, 5.41) is 6.77. The summed E-state index contributed by atoms with van der Waals surface area (Å²) in [4.78, 5) is 11.5. The van der Waals surface area contributed by atoms with Gasteiger partial charge in [-0.3, -0.25) is 4.79 Å². The third kappa shape index (κ3) is 4.59. The number of hydrogen-bond donors (Lipinski definition) is 2. The number of carbonyl (C=O) groups is 1. The summed E-state index contributed by atoms with van der Waals surface area (Å²) in [5.74, 6) is 0.350. The lowest BCUT2D eigenvalue weighted by Crippen LogP contribution is -2.25. The van der Waals surface area contributed by atoms with Gasteiger partial charge >= 0.3 is 0 Å². The van der Waals surface area contributed by atoms with E-state index in [0.717, 1.165) is 10.2 Å². The van der Waals surface area contributed by atoms with Crippen LogP contribution in [0.15, 0.2) is 56.7 Å². The maximum Gasteiger partial charge on any atom is 0.259 e. The molecule has 0 atom stereocenters. The lowest BCUT2D eigenvalue weighted by Gasteiger charge is -2.05. The molecule has 0 aliphatic carbocycles. The molecule has 2 rings (SSSR count). The second-order valence-electron chi connectivity index (χ2n) is 3.67. The first-order valence-corrected chi connectivity index (χ1v) is 6.38. The number of furan rings is 1. The highest BCUT2D eigenvalue weighted by Crippen LogP contribution is 2.15. The molecule has 1 heterocycles. The topological polar surface area (TPSA) is 66.6 Å². The SMILES string of the molecule is O=C(CNc1cccc(Br)c1)NN=Cc1ccco1. The standard InChI is InChI=1S/C13H12BrN3O2/c14-10-3-1-4-11(7-10)15-9-13(18)17-16-8-12-5-2-6-19-12/h1-8,15H,9H2,(H,17,18). The smallest absolute Gasteiger partial charge is 0.259 e. The Morgan fingerprint density at radius 1 is 1.37 bits per heavy atom. The van der Waals surface area contributed by atoms with E-state index in [4.69, 9.17) is 4.42 Å². The van der Waals surface area contributed by atoms with Crippen LogP contribution < -0.4 is 10.7 Å². The van der Waals surface area contributed by atoms with Crippen LogP contribution >= 0.6 is 15.9 Å². The zero-order valence-corrected chi connectivity index (χ0v) is 11.6. The zero-order valence-electron chi connectivity index (χ0n) is 9.97. The van der Waals surface area contributed by atoms with Crippen LogP contribution in [0.25, 0.3) is 0 Å². The van der Waals surface area contributed by atoms with Gasteiger partial charge in [-0.05, 0) is 30.3 Å². The number of benzene rings is 1. The molecule has 6 heteroatoms. The van der Waals surface area contributed by atoms with Crippen LogP contribution in [0.2, 0.25) is 0 Å². The monoisotopic (exact) mass is 321 g/mol. The Morgan fingerprint density at radius 2 is 2.26 bits per heavy atom. The molecule has 0 bridgehead atoms. The van der Waals surface area contributed by atoms with E-state index in [9.17, 15) is 4.79 Å². The van der Waals surface area contributed by atoms with Gasteiger partial charge in [0.1, 0.15) is 5.76 Å². The number of halogens is 1. The van der Waals surface area contributed by atoms with Gasteiger partial charge in [-0.25, -0.2) is 5.43 Å². The Labute approximate surface area is 118 Å². The molecule has 0 saturated heterocycles. The van der Waals surface area contributed by atoms with Crippen LogP contribution in [0.3, 0.4) is 0 Å². The summed E-state index contributed by atoms with van der Waals surface area (Å²) in [6.45, 7) is 0.145. The predicted octanol–water partition coefficient (Wildman–Crippen LogP) is 2.60. The van der Waals surface area contributed by atoms with Crippen molar-refractivity contribution in [1.82, 2.24) is 5.43 Å². The molecular formula is C13H12BrN3O2. The Hall–Kier alpha value is -2.08. The summed E-state index contributed by atoms with van der Waals surface area (Å²) in [6, 6.07) is 11.1. The highest BCUT2D eigenvalue weighted by atomic mass is 79.9. The molecule has 0 aliphatic heterocycles. The first kappa shape index (κ1) is 13.4. The van der Waals surface area contributed by atoms with E-state index < -0.39 is 0 Å². The largest absolute Gasteiger partial charge is 0.463 e. The van der Waals surface area contributed by atoms with Crippen LogP contribution in [0.1, 0.15) is 5.76 Å². The van der Waals surface area contributed by atoms with Gasteiger partial charge in [0.25, 0.3) is 5.91 Å². The summed E-state index contributed by atoms with van der Waals surface area (Å²) in [7, 11) is 0. The molecule has 1 aromatic carbocycles. The average molecular weight is 322 g/mol.